The van der Waals surface area contributed by atoms with E-state index in [1.807, 2.05) is 0 Å². The summed E-state index contributed by atoms with van der Waals surface area (Å²) >= 11 is 0. The Kier molecular flexibility index (Phi) is 8.71. The minimum Gasteiger partial charge on any atom is -0.370 e. The summed E-state index contributed by atoms with van der Waals surface area (Å²) < 4.78 is 27.8. The second kappa shape index (κ2) is 9.54. The average Bonchev–Trinajstić information content (AvgIpc) is 2.53. The van der Waals surface area contributed by atoms with Gasteiger partial charge in [0.25, 0.3) is 10.2 Å². The third-order valence-corrected chi connectivity index (χ3v) is 6.90. The first-order chi connectivity index (χ1) is 10.8. The van der Waals surface area contributed by atoms with E-state index in [1.54, 1.807) is 18.4 Å². The molecule has 7 nitrogen and oxygen atoms in total. The van der Waals surface area contributed by atoms with Crippen LogP contribution in [0.15, 0.2) is 4.99 Å². The lowest BCUT2D eigenvalue weighted by Gasteiger charge is -2.36. The maximum Gasteiger partial charge on any atom is 0.281 e. The van der Waals surface area contributed by atoms with Crippen LogP contribution in [0.1, 0.15) is 39.0 Å². The smallest absolute Gasteiger partial charge is 0.281 e. The van der Waals surface area contributed by atoms with Gasteiger partial charge in [0, 0.05) is 39.8 Å². The third kappa shape index (κ3) is 5.43. The Balaban J connectivity index is 0.00000288. The molecule has 0 spiro atoms. The summed E-state index contributed by atoms with van der Waals surface area (Å²) in [4.78, 5) is 6.63. The molecule has 0 radical (unpaired) electrons. The fourth-order valence-electron chi connectivity index (χ4n) is 3.21. The molecule has 2 heterocycles. The zero-order valence-electron chi connectivity index (χ0n) is 15.0. The fourth-order valence-corrected chi connectivity index (χ4v) is 4.53. The summed E-state index contributed by atoms with van der Waals surface area (Å²) in [7, 11) is -0.232. The molecule has 24 heavy (non-hydrogen) atoms. The Labute approximate surface area is 163 Å². The maximum atomic E-state index is 12.4. The lowest BCUT2D eigenvalue weighted by atomic mass is 10.00. The predicted molar refractivity (Wildman–Crippen MR) is 109 cm³/mol. The highest BCUT2D eigenvalue weighted by Crippen LogP contribution is 2.22. The predicted octanol–water partition coefficient (Wildman–Crippen LogP) is 1.31. The van der Waals surface area contributed by atoms with Gasteiger partial charge in [-0.3, -0.25) is 4.99 Å². The van der Waals surface area contributed by atoms with Crippen LogP contribution in [-0.2, 0) is 10.2 Å². The second-order valence-electron chi connectivity index (χ2n) is 6.92. The molecule has 0 amide bonds. The molecule has 0 aliphatic carbocycles. The van der Waals surface area contributed by atoms with Crippen LogP contribution < -0.4 is 5.73 Å². The van der Waals surface area contributed by atoms with E-state index in [-0.39, 0.29) is 30.0 Å². The van der Waals surface area contributed by atoms with Gasteiger partial charge >= 0.3 is 0 Å². The van der Waals surface area contributed by atoms with E-state index in [1.165, 1.54) is 4.31 Å². The number of halogens is 1. The van der Waals surface area contributed by atoms with Gasteiger partial charge in [-0.2, -0.15) is 17.0 Å². The van der Waals surface area contributed by atoms with Crippen LogP contribution in [0.4, 0.5) is 0 Å². The first kappa shape index (κ1) is 21.9. The molecule has 0 aromatic heterocycles. The molecule has 0 bridgehead atoms. The Morgan fingerprint density at radius 1 is 1.17 bits per heavy atom. The van der Waals surface area contributed by atoms with Crippen molar-refractivity contribution < 1.29 is 8.42 Å². The Morgan fingerprint density at radius 3 is 2.38 bits per heavy atom. The number of guanidine groups is 1. The van der Waals surface area contributed by atoms with Crippen LogP contribution in [0.5, 0.6) is 0 Å². The van der Waals surface area contributed by atoms with E-state index in [2.05, 4.69) is 16.8 Å². The average molecular weight is 473 g/mol. The normalized spacial score (nSPS) is 24.9. The van der Waals surface area contributed by atoms with E-state index in [0.29, 0.717) is 19.0 Å². The van der Waals surface area contributed by atoms with Crippen molar-refractivity contribution in [2.24, 2.45) is 16.6 Å². The van der Waals surface area contributed by atoms with Gasteiger partial charge in [0.1, 0.15) is 0 Å². The summed E-state index contributed by atoms with van der Waals surface area (Å²) in [5.41, 5.74) is 6.12. The van der Waals surface area contributed by atoms with Crippen molar-refractivity contribution in [3.05, 3.63) is 0 Å². The van der Waals surface area contributed by atoms with Crippen molar-refractivity contribution >= 4 is 40.1 Å². The number of hydrogen-bond acceptors (Lipinski definition) is 3. The summed E-state index contributed by atoms with van der Waals surface area (Å²) in [5.74, 6) is 1.31. The van der Waals surface area contributed by atoms with Crippen molar-refractivity contribution in [2.45, 2.75) is 45.1 Å². The monoisotopic (exact) mass is 473 g/mol. The van der Waals surface area contributed by atoms with Gasteiger partial charge in [0.2, 0.25) is 0 Å². The molecule has 2 rings (SSSR count). The van der Waals surface area contributed by atoms with Crippen LogP contribution in [0.25, 0.3) is 0 Å². The highest BCUT2D eigenvalue weighted by molar-refractivity contribution is 14.0. The molecule has 1 atom stereocenters. The number of piperidine rings is 2. The largest absolute Gasteiger partial charge is 0.370 e. The molecule has 142 valence electrons. The fraction of sp³-hybridized carbons (Fsp3) is 0.933. The molecular formula is C15H32IN5O2S. The van der Waals surface area contributed by atoms with E-state index in [9.17, 15) is 8.42 Å². The summed E-state index contributed by atoms with van der Waals surface area (Å²) in [6, 6.07) is -0.0848. The van der Waals surface area contributed by atoms with Gasteiger partial charge in [-0.05, 0) is 31.6 Å². The van der Waals surface area contributed by atoms with E-state index >= 15 is 0 Å². The van der Waals surface area contributed by atoms with Crippen molar-refractivity contribution in [1.29, 1.82) is 0 Å². The number of likely N-dealkylation sites (tertiary alicyclic amines) is 1. The van der Waals surface area contributed by atoms with Crippen molar-refractivity contribution in [3.8, 4) is 0 Å². The molecular weight excluding hydrogens is 441 g/mol. The zero-order valence-corrected chi connectivity index (χ0v) is 18.2. The van der Waals surface area contributed by atoms with Crippen molar-refractivity contribution in [1.82, 2.24) is 13.5 Å². The number of nitrogens with two attached hydrogens (primary N) is 1. The van der Waals surface area contributed by atoms with Gasteiger partial charge in [0.05, 0.1) is 6.54 Å². The van der Waals surface area contributed by atoms with Crippen LogP contribution in [0.2, 0.25) is 0 Å². The van der Waals surface area contributed by atoms with Crippen molar-refractivity contribution in [3.63, 3.8) is 0 Å². The first-order valence-corrected chi connectivity index (χ1v) is 9.96. The molecule has 2 fully saturated rings. The Bertz CT molecular complexity index is 518. The second-order valence-corrected chi connectivity index (χ2v) is 9.01. The third-order valence-electron chi connectivity index (χ3n) is 4.90. The molecule has 0 aromatic rings. The summed E-state index contributed by atoms with van der Waals surface area (Å²) in [6.45, 7) is 5.17. The van der Waals surface area contributed by atoms with E-state index in [0.717, 1.165) is 51.1 Å². The quantitative estimate of drug-likeness (QED) is 0.379. The van der Waals surface area contributed by atoms with Gasteiger partial charge in [-0.25, -0.2) is 0 Å². The highest BCUT2D eigenvalue weighted by atomic mass is 127. The standard InChI is InChI=1S/C15H31N5O2S.HI/c1-13-7-10-19(11-8-13)15(16)17-12-14-6-4-5-9-20(14)23(21,22)18(2)3;/h13-14H,4-12H2,1-3H3,(H2,16,17);1H. The molecule has 2 aliphatic heterocycles. The van der Waals surface area contributed by atoms with Gasteiger partial charge in [0.15, 0.2) is 5.96 Å². The SMILES string of the molecule is CC1CCN(C(N)=NCC2CCCCN2S(=O)(=O)N(C)C)CC1.I. The molecule has 0 saturated carbocycles. The van der Waals surface area contributed by atoms with E-state index < -0.39 is 10.2 Å². The number of hydrogen-bond donors (Lipinski definition) is 1. The van der Waals surface area contributed by atoms with Crippen LogP contribution >= 0.6 is 24.0 Å². The Hall–Kier alpha value is -0.130. The number of aliphatic imine (C=N–C) groups is 1. The lowest BCUT2D eigenvalue weighted by Crippen LogP contribution is -2.50. The molecule has 9 heteroatoms. The topological polar surface area (TPSA) is 82.2 Å². The molecule has 2 N–H and O–H groups in total. The number of nitrogens with zero attached hydrogens (tertiary/aromatic N) is 4. The molecule has 2 saturated heterocycles. The van der Waals surface area contributed by atoms with Gasteiger partial charge < -0.3 is 10.6 Å². The maximum absolute atomic E-state index is 12.4. The van der Waals surface area contributed by atoms with Crippen molar-refractivity contribution in [2.75, 3.05) is 40.3 Å². The minimum absolute atomic E-state index is 0. The molecule has 1 unspecified atom stereocenters. The lowest BCUT2D eigenvalue weighted by molar-refractivity contribution is 0.242. The summed E-state index contributed by atoms with van der Waals surface area (Å²) in [5, 5.41) is 0. The van der Waals surface area contributed by atoms with Gasteiger partial charge in [-0.15, -0.1) is 24.0 Å². The Morgan fingerprint density at radius 2 is 1.79 bits per heavy atom. The minimum atomic E-state index is -3.39. The summed E-state index contributed by atoms with van der Waals surface area (Å²) in [6.07, 6.45) is 5.08. The molecule has 2 aliphatic rings. The zero-order chi connectivity index (χ0) is 17.0. The van der Waals surface area contributed by atoms with Crippen LogP contribution in [-0.4, -0.2) is 74.2 Å². The van der Waals surface area contributed by atoms with E-state index in [4.69, 9.17) is 5.73 Å². The number of rotatable bonds is 4. The van der Waals surface area contributed by atoms with Gasteiger partial charge in [-0.1, -0.05) is 13.3 Å². The van der Waals surface area contributed by atoms with Crippen LogP contribution in [0.3, 0.4) is 0 Å². The molecule has 0 aromatic carbocycles. The van der Waals surface area contributed by atoms with Crippen LogP contribution in [0, 0.1) is 5.92 Å². The first-order valence-electron chi connectivity index (χ1n) is 8.56. The highest BCUT2D eigenvalue weighted by Gasteiger charge is 2.33.